The fourth-order valence-corrected chi connectivity index (χ4v) is 3.99. The Morgan fingerprint density at radius 3 is 2.62 bits per heavy atom. The average molecular weight is 415 g/mol. The second-order valence-electron chi connectivity index (χ2n) is 7.48. The maximum absolute atomic E-state index is 12.8. The van der Waals surface area contributed by atoms with Crippen LogP contribution in [0.15, 0.2) is 34.1 Å². The Bertz CT molecular complexity index is 1040. The highest BCUT2D eigenvalue weighted by atomic mass is 35.5. The number of fused-ring (bicyclic) bond motifs is 1. The van der Waals surface area contributed by atoms with Crippen molar-refractivity contribution in [3.8, 4) is 0 Å². The first-order valence-corrected chi connectivity index (χ1v) is 10.2. The van der Waals surface area contributed by atoms with Crippen LogP contribution in [0.25, 0.3) is 0 Å². The maximum atomic E-state index is 12.8. The fourth-order valence-electron chi connectivity index (χ4n) is 3.87. The van der Waals surface area contributed by atoms with Crippen molar-refractivity contribution in [2.24, 2.45) is 10.9 Å². The van der Waals surface area contributed by atoms with Crippen LogP contribution in [0, 0.1) is 5.92 Å². The van der Waals surface area contributed by atoms with Gasteiger partial charge in [-0.1, -0.05) is 18.5 Å². The van der Waals surface area contributed by atoms with Gasteiger partial charge in [0, 0.05) is 33.9 Å². The van der Waals surface area contributed by atoms with Gasteiger partial charge in [-0.3, -0.25) is 9.36 Å². The summed E-state index contributed by atoms with van der Waals surface area (Å²) in [6.45, 7) is 5.86. The smallest absolute Gasteiger partial charge is 0.351 e. The van der Waals surface area contributed by atoms with Crippen molar-refractivity contribution in [2.45, 2.75) is 45.6 Å². The molecule has 1 aliphatic carbocycles. The molecule has 152 valence electrons. The molecule has 1 aromatic carbocycles. The third-order valence-electron chi connectivity index (χ3n) is 5.38. The van der Waals surface area contributed by atoms with E-state index in [0.29, 0.717) is 29.0 Å². The number of hydrogen-bond donors (Lipinski definition) is 1. The van der Waals surface area contributed by atoms with Gasteiger partial charge in [0.25, 0.3) is 0 Å². The van der Waals surface area contributed by atoms with Crippen molar-refractivity contribution in [1.29, 1.82) is 0 Å². The van der Waals surface area contributed by atoms with Crippen molar-refractivity contribution < 1.29 is 9.53 Å². The predicted molar refractivity (Wildman–Crippen MR) is 113 cm³/mol. The predicted octanol–water partition coefficient (Wildman–Crippen LogP) is 4.36. The van der Waals surface area contributed by atoms with Gasteiger partial charge in [-0.05, 0) is 51.0 Å². The van der Waals surface area contributed by atoms with Gasteiger partial charge >= 0.3 is 11.7 Å². The zero-order valence-electron chi connectivity index (χ0n) is 16.6. The van der Waals surface area contributed by atoms with Crippen LogP contribution in [0.5, 0.6) is 0 Å². The van der Waals surface area contributed by atoms with Crippen LogP contribution in [0.1, 0.15) is 51.1 Å². The monoisotopic (exact) mass is 414 g/mol. The first-order chi connectivity index (χ1) is 13.9. The summed E-state index contributed by atoms with van der Waals surface area (Å²) >= 11 is 5.97. The van der Waals surface area contributed by atoms with Gasteiger partial charge in [0.15, 0.2) is 0 Å². The highest BCUT2D eigenvalue weighted by Crippen LogP contribution is 2.46. The van der Waals surface area contributed by atoms with Gasteiger partial charge < -0.3 is 10.1 Å². The van der Waals surface area contributed by atoms with Crippen molar-refractivity contribution in [2.75, 3.05) is 11.9 Å². The molecule has 0 saturated heterocycles. The van der Waals surface area contributed by atoms with Gasteiger partial charge in [0.05, 0.1) is 6.61 Å². The van der Waals surface area contributed by atoms with E-state index in [9.17, 15) is 9.59 Å². The largest absolute Gasteiger partial charge is 0.465 e. The fraction of sp³-hybridized carbons (Fsp3) is 0.429. The Kier molecular flexibility index (Phi) is 5.17. The van der Waals surface area contributed by atoms with Crippen LogP contribution < -0.4 is 11.0 Å². The quantitative estimate of drug-likeness (QED) is 0.734. The summed E-state index contributed by atoms with van der Waals surface area (Å²) in [7, 11) is 0. The number of hydrogen-bond acceptors (Lipinski definition) is 6. The second-order valence-corrected chi connectivity index (χ2v) is 7.92. The standard InChI is InChI=1S/C21H23ClN4O3/c1-4-29-20(27)16-11(2)17-18(24-14-7-5-13(22)6-8-14)25-21(28)26(15-9-10-15)19(17)23-12(16)3/h5-8,11,15-16H,4,9-10H2,1-3H3,(H,24,25,28). The minimum absolute atomic E-state index is 0.122. The van der Waals surface area contributed by atoms with E-state index in [-0.39, 0.29) is 23.6 Å². The zero-order valence-corrected chi connectivity index (χ0v) is 17.4. The maximum Gasteiger partial charge on any atom is 0.351 e. The summed E-state index contributed by atoms with van der Waals surface area (Å²) in [4.78, 5) is 34.4. The number of rotatable bonds is 5. The number of halogens is 1. The number of nitrogens with zero attached hydrogens (tertiary/aromatic N) is 3. The number of benzene rings is 1. The van der Waals surface area contributed by atoms with E-state index in [1.54, 1.807) is 23.6 Å². The Hall–Kier alpha value is -2.67. The van der Waals surface area contributed by atoms with Gasteiger partial charge in [0.2, 0.25) is 0 Å². The number of nitrogens with one attached hydrogen (secondary N) is 1. The molecule has 8 heteroatoms. The molecule has 2 atom stereocenters. The molecule has 7 nitrogen and oxygen atoms in total. The molecule has 0 bridgehead atoms. The van der Waals surface area contributed by atoms with Gasteiger partial charge in [-0.2, -0.15) is 4.98 Å². The van der Waals surface area contributed by atoms with Gasteiger partial charge in [0.1, 0.15) is 17.6 Å². The number of esters is 1. The highest BCUT2D eigenvalue weighted by molar-refractivity contribution is 6.30. The Morgan fingerprint density at radius 2 is 2.00 bits per heavy atom. The van der Waals surface area contributed by atoms with E-state index in [2.05, 4.69) is 10.3 Å². The summed E-state index contributed by atoms with van der Waals surface area (Å²) in [6.07, 6.45) is 1.87. The summed E-state index contributed by atoms with van der Waals surface area (Å²) in [5, 5.41) is 3.84. The number of carbonyl (C=O) groups excluding carboxylic acids is 1. The van der Waals surface area contributed by atoms with Gasteiger partial charge in [-0.25, -0.2) is 9.79 Å². The summed E-state index contributed by atoms with van der Waals surface area (Å²) in [5.41, 5.74) is 1.83. The summed E-state index contributed by atoms with van der Waals surface area (Å²) in [6, 6.07) is 7.27. The molecule has 0 radical (unpaired) electrons. The first kappa shape index (κ1) is 19.6. The lowest BCUT2D eigenvalue weighted by molar-refractivity contribution is -0.146. The van der Waals surface area contributed by atoms with E-state index in [4.69, 9.17) is 21.3 Å². The Labute approximate surface area is 173 Å². The van der Waals surface area contributed by atoms with E-state index >= 15 is 0 Å². The molecule has 4 rings (SSSR count). The highest BCUT2D eigenvalue weighted by Gasteiger charge is 2.40. The summed E-state index contributed by atoms with van der Waals surface area (Å²) in [5.74, 6) is -0.0556. The average Bonchev–Trinajstić information content (AvgIpc) is 3.48. The second kappa shape index (κ2) is 7.63. The third-order valence-corrected chi connectivity index (χ3v) is 5.64. The van der Waals surface area contributed by atoms with Crippen LogP contribution in [0.3, 0.4) is 0 Å². The molecular formula is C21H23ClN4O3. The molecule has 29 heavy (non-hydrogen) atoms. The van der Waals surface area contributed by atoms with E-state index in [0.717, 1.165) is 24.1 Å². The van der Waals surface area contributed by atoms with Crippen LogP contribution in [-0.2, 0) is 9.53 Å². The van der Waals surface area contributed by atoms with Crippen molar-refractivity contribution in [1.82, 2.24) is 9.55 Å². The topological polar surface area (TPSA) is 85.6 Å². The molecule has 1 aromatic heterocycles. The molecule has 0 amide bonds. The lowest BCUT2D eigenvalue weighted by Crippen LogP contribution is -2.35. The molecule has 2 heterocycles. The minimum atomic E-state index is -0.514. The Balaban J connectivity index is 1.85. The van der Waals surface area contributed by atoms with E-state index < -0.39 is 5.92 Å². The number of anilines is 2. The van der Waals surface area contributed by atoms with Crippen molar-refractivity contribution >= 4 is 40.6 Å². The molecule has 1 saturated carbocycles. The molecule has 1 aliphatic heterocycles. The molecule has 0 spiro atoms. The lowest BCUT2D eigenvalue weighted by atomic mass is 9.82. The molecule has 2 aromatic rings. The Morgan fingerprint density at radius 1 is 1.31 bits per heavy atom. The van der Waals surface area contributed by atoms with Crippen LogP contribution in [-0.4, -0.2) is 27.8 Å². The minimum Gasteiger partial charge on any atom is -0.465 e. The van der Waals surface area contributed by atoms with E-state index in [1.807, 2.05) is 26.0 Å². The molecule has 1 N–H and O–H groups in total. The lowest BCUT2D eigenvalue weighted by Gasteiger charge is -2.30. The number of aliphatic imine (C=N–C) groups is 1. The van der Waals surface area contributed by atoms with Crippen molar-refractivity contribution in [3.63, 3.8) is 0 Å². The van der Waals surface area contributed by atoms with Crippen LogP contribution in [0.4, 0.5) is 17.3 Å². The molecule has 2 aliphatic rings. The normalized spacial score (nSPS) is 20.6. The third kappa shape index (κ3) is 3.67. The number of carbonyl (C=O) groups is 1. The number of aromatic nitrogens is 2. The van der Waals surface area contributed by atoms with Crippen molar-refractivity contribution in [3.05, 3.63) is 45.3 Å². The zero-order chi connectivity index (χ0) is 20.7. The molecule has 1 fully saturated rings. The van der Waals surface area contributed by atoms with E-state index in [1.165, 1.54) is 0 Å². The van der Waals surface area contributed by atoms with Gasteiger partial charge in [-0.15, -0.1) is 0 Å². The number of ether oxygens (including phenoxy) is 1. The summed E-state index contributed by atoms with van der Waals surface area (Å²) < 4.78 is 6.95. The molecule has 2 unspecified atom stereocenters. The SMILES string of the molecule is CCOC(=O)C1C(C)=Nc2c(c(Nc3ccc(Cl)cc3)nc(=O)n2C2CC2)C1C. The first-order valence-electron chi connectivity index (χ1n) is 9.81. The molecular weight excluding hydrogens is 392 g/mol. The van der Waals surface area contributed by atoms with Crippen LogP contribution >= 0.6 is 11.6 Å². The van der Waals surface area contributed by atoms with Crippen LogP contribution in [0.2, 0.25) is 5.02 Å².